The van der Waals surface area contributed by atoms with Crippen molar-refractivity contribution in [2.75, 3.05) is 31.1 Å². The molecule has 2 aromatic carbocycles. The molecule has 0 atom stereocenters. The number of benzene rings is 2. The van der Waals surface area contributed by atoms with Crippen LogP contribution in [-0.2, 0) is 5.75 Å². The number of pyridine rings is 1. The van der Waals surface area contributed by atoms with E-state index in [9.17, 15) is 14.9 Å². The van der Waals surface area contributed by atoms with Crippen molar-refractivity contribution in [3.63, 3.8) is 0 Å². The summed E-state index contributed by atoms with van der Waals surface area (Å²) in [7, 11) is 0. The van der Waals surface area contributed by atoms with Crippen LogP contribution in [0.15, 0.2) is 77.5 Å². The minimum absolute atomic E-state index is 0.0593. The molecule has 0 spiro atoms. The van der Waals surface area contributed by atoms with Gasteiger partial charge >= 0.3 is 0 Å². The lowest BCUT2D eigenvalue weighted by molar-refractivity contribution is -0.384. The predicted octanol–water partition coefficient (Wildman–Crippen LogP) is 5.91. The molecule has 1 amide bonds. The van der Waals surface area contributed by atoms with E-state index in [1.54, 1.807) is 34.8 Å². The molecule has 14 heteroatoms. The molecular formula is C29H25ClN8O3S2. The fraction of sp³-hybridized carbons (Fsp3) is 0.207. The molecule has 43 heavy (non-hydrogen) atoms. The largest absolute Gasteiger partial charge is 0.368 e. The summed E-state index contributed by atoms with van der Waals surface area (Å²) in [6.45, 7) is 4.36. The third-order valence-electron chi connectivity index (χ3n) is 7.07. The number of piperazine rings is 1. The number of carbonyl (C=O) groups is 1. The number of nitro groups is 1. The Kier molecular flexibility index (Phi) is 8.36. The van der Waals surface area contributed by atoms with Gasteiger partial charge in [0.1, 0.15) is 10.7 Å². The monoisotopic (exact) mass is 632 g/mol. The van der Waals surface area contributed by atoms with Gasteiger partial charge in [0.15, 0.2) is 11.0 Å². The number of hydrogen-bond acceptors (Lipinski definition) is 10. The maximum absolute atomic E-state index is 13.2. The number of non-ortho nitro benzene ring substituents is 1. The second kappa shape index (κ2) is 12.5. The Bertz CT molecular complexity index is 1770. The quantitative estimate of drug-likeness (QED) is 0.117. The second-order valence-electron chi connectivity index (χ2n) is 9.78. The Morgan fingerprint density at radius 1 is 1.05 bits per heavy atom. The van der Waals surface area contributed by atoms with Crippen molar-refractivity contribution in [1.82, 2.24) is 29.6 Å². The van der Waals surface area contributed by atoms with Gasteiger partial charge in [-0.15, -0.1) is 21.5 Å². The molecule has 0 aliphatic carbocycles. The van der Waals surface area contributed by atoms with Crippen LogP contribution >= 0.6 is 34.7 Å². The molecule has 3 aromatic heterocycles. The number of rotatable bonds is 8. The number of amides is 1. The molecule has 11 nitrogen and oxygen atoms in total. The van der Waals surface area contributed by atoms with Gasteiger partial charge in [0.05, 0.1) is 16.4 Å². The summed E-state index contributed by atoms with van der Waals surface area (Å²) in [4.78, 5) is 36.5. The van der Waals surface area contributed by atoms with Crippen molar-refractivity contribution in [3.8, 4) is 17.1 Å². The lowest BCUT2D eigenvalue weighted by Crippen LogP contribution is -2.48. The zero-order valence-corrected chi connectivity index (χ0v) is 25.3. The highest BCUT2D eigenvalue weighted by Crippen LogP contribution is 2.32. The summed E-state index contributed by atoms with van der Waals surface area (Å²) in [6, 6.07) is 16.0. The maximum atomic E-state index is 13.2. The van der Waals surface area contributed by atoms with Crippen LogP contribution in [0, 0.1) is 17.0 Å². The van der Waals surface area contributed by atoms with Crippen molar-refractivity contribution in [1.29, 1.82) is 0 Å². The van der Waals surface area contributed by atoms with E-state index >= 15 is 0 Å². The summed E-state index contributed by atoms with van der Waals surface area (Å²) in [5.74, 6) is 1.09. The summed E-state index contributed by atoms with van der Waals surface area (Å²) >= 11 is 9.30. The molecule has 4 heterocycles. The highest BCUT2D eigenvalue weighted by atomic mass is 35.5. The number of aromatic nitrogens is 5. The van der Waals surface area contributed by atoms with E-state index < -0.39 is 4.92 Å². The normalized spacial score (nSPS) is 13.3. The lowest BCUT2D eigenvalue weighted by Gasteiger charge is -2.35. The standard InChI is InChI=1S/C29H25ClN8O3S2/c1-19-2-3-21(30)16-25(19)37-27(20-8-10-31-11-9-20)33-34-29(37)43-18-26-32-24(17-42-26)28(39)36-14-12-35(13-15-36)22-4-6-23(7-5-22)38(40)41/h2-11,16-17H,12-15,18H2,1H3. The van der Waals surface area contributed by atoms with Crippen LogP contribution in [0.25, 0.3) is 17.1 Å². The first-order valence-corrected chi connectivity index (χ1v) is 15.6. The Labute approximate surface area is 260 Å². The Hall–Kier alpha value is -4.33. The molecule has 0 N–H and O–H groups in total. The van der Waals surface area contributed by atoms with Gasteiger partial charge < -0.3 is 9.80 Å². The van der Waals surface area contributed by atoms with E-state index in [0.29, 0.717) is 53.6 Å². The molecule has 1 fully saturated rings. The summed E-state index contributed by atoms with van der Waals surface area (Å²) in [6.07, 6.45) is 3.44. The molecule has 0 radical (unpaired) electrons. The average Bonchev–Trinajstić information content (AvgIpc) is 3.69. The first-order valence-electron chi connectivity index (χ1n) is 13.4. The topological polar surface area (TPSA) is 123 Å². The highest BCUT2D eigenvalue weighted by Gasteiger charge is 2.25. The van der Waals surface area contributed by atoms with Crippen LogP contribution < -0.4 is 4.90 Å². The lowest BCUT2D eigenvalue weighted by atomic mass is 10.2. The molecule has 218 valence electrons. The fourth-order valence-corrected chi connectivity index (χ4v) is 6.71. The van der Waals surface area contributed by atoms with Gasteiger partial charge in [0, 0.05) is 72.4 Å². The number of thiazole rings is 1. The van der Waals surface area contributed by atoms with Crippen molar-refractivity contribution in [2.24, 2.45) is 0 Å². The van der Waals surface area contributed by atoms with Crippen LogP contribution in [0.2, 0.25) is 5.02 Å². The third kappa shape index (κ3) is 6.24. The van der Waals surface area contributed by atoms with E-state index in [-0.39, 0.29) is 11.6 Å². The van der Waals surface area contributed by atoms with Crippen molar-refractivity contribution in [3.05, 3.63) is 104 Å². The predicted molar refractivity (Wildman–Crippen MR) is 167 cm³/mol. The Balaban J connectivity index is 1.13. The molecular weight excluding hydrogens is 608 g/mol. The molecule has 0 unspecified atom stereocenters. The van der Waals surface area contributed by atoms with Gasteiger partial charge in [0.2, 0.25) is 0 Å². The van der Waals surface area contributed by atoms with Crippen LogP contribution in [0.5, 0.6) is 0 Å². The molecule has 6 rings (SSSR count). The van der Waals surface area contributed by atoms with Gasteiger partial charge in [-0.25, -0.2) is 4.98 Å². The zero-order valence-electron chi connectivity index (χ0n) is 23.0. The molecule has 1 saturated heterocycles. The third-order valence-corrected chi connectivity index (χ3v) is 9.28. The highest BCUT2D eigenvalue weighted by molar-refractivity contribution is 7.98. The Morgan fingerprint density at radius 3 is 2.51 bits per heavy atom. The van der Waals surface area contributed by atoms with Gasteiger partial charge in [-0.05, 0) is 48.9 Å². The average molecular weight is 633 g/mol. The number of carbonyl (C=O) groups excluding carboxylic acids is 1. The number of aryl methyl sites for hydroxylation is 1. The molecule has 5 aromatic rings. The van der Waals surface area contributed by atoms with E-state index in [0.717, 1.165) is 27.5 Å². The molecule has 1 aliphatic heterocycles. The smallest absolute Gasteiger partial charge is 0.273 e. The van der Waals surface area contributed by atoms with Crippen LogP contribution in [0.3, 0.4) is 0 Å². The first kappa shape index (κ1) is 28.8. The first-order chi connectivity index (χ1) is 20.9. The van der Waals surface area contributed by atoms with E-state index in [4.69, 9.17) is 11.6 Å². The van der Waals surface area contributed by atoms with Gasteiger partial charge in [-0.1, -0.05) is 29.4 Å². The Morgan fingerprint density at radius 2 is 1.79 bits per heavy atom. The van der Waals surface area contributed by atoms with E-state index in [2.05, 4.69) is 25.1 Å². The zero-order chi connectivity index (χ0) is 29.9. The maximum Gasteiger partial charge on any atom is 0.273 e. The SMILES string of the molecule is Cc1ccc(Cl)cc1-n1c(SCc2nc(C(=O)N3CCN(c4ccc([N+](=O)[O-])cc4)CC3)cs2)nnc1-c1ccncc1. The van der Waals surface area contributed by atoms with Crippen LogP contribution in [0.4, 0.5) is 11.4 Å². The van der Waals surface area contributed by atoms with Crippen LogP contribution in [0.1, 0.15) is 21.1 Å². The van der Waals surface area contributed by atoms with Crippen molar-refractivity contribution >= 4 is 52.0 Å². The number of nitrogens with zero attached hydrogens (tertiary/aromatic N) is 8. The number of halogens is 1. The summed E-state index contributed by atoms with van der Waals surface area (Å²) in [5, 5.41) is 23.8. The summed E-state index contributed by atoms with van der Waals surface area (Å²) < 4.78 is 1.99. The van der Waals surface area contributed by atoms with E-state index in [1.807, 2.05) is 41.8 Å². The van der Waals surface area contributed by atoms with Gasteiger partial charge in [-0.3, -0.25) is 24.5 Å². The molecule has 0 bridgehead atoms. The molecule has 0 saturated carbocycles. The fourth-order valence-electron chi connectivity index (χ4n) is 4.81. The van der Waals surface area contributed by atoms with Gasteiger partial charge in [0.25, 0.3) is 11.6 Å². The minimum Gasteiger partial charge on any atom is -0.368 e. The minimum atomic E-state index is -0.411. The second-order valence-corrected chi connectivity index (χ2v) is 12.1. The number of anilines is 1. The number of hydrogen-bond donors (Lipinski definition) is 0. The van der Waals surface area contributed by atoms with Crippen molar-refractivity contribution < 1.29 is 9.72 Å². The van der Waals surface area contributed by atoms with E-state index in [1.165, 1.54) is 35.2 Å². The van der Waals surface area contributed by atoms with Crippen molar-refractivity contribution in [2.45, 2.75) is 17.8 Å². The van der Waals surface area contributed by atoms with Crippen LogP contribution in [-0.4, -0.2) is 66.6 Å². The molecule has 1 aliphatic rings. The number of nitro benzene ring substituents is 1. The van der Waals surface area contributed by atoms with Gasteiger partial charge in [-0.2, -0.15) is 0 Å². The summed E-state index contributed by atoms with van der Waals surface area (Å²) in [5.41, 5.74) is 4.17. The number of thioether (sulfide) groups is 1.